The molecule has 0 aliphatic heterocycles. The van der Waals surface area contributed by atoms with Gasteiger partial charge in [0.25, 0.3) is 0 Å². The number of hydrogen-bond donors (Lipinski definition) is 0. The molecular weight excluding hydrogens is 459 g/mol. The Labute approximate surface area is 200 Å². The Bertz CT molecular complexity index is 1240. The first-order valence-corrected chi connectivity index (χ1v) is 12.6. The fraction of sp³-hybridized carbons (Fsp3) is 0.417. The van der Waals surface area contributed by atoms with Gasteiger partial charge in [-0.1, -0.05) is 0 Å². The average molecular weight is 491 g/mol. The first kappa shape index (κ1) is 25.6. The van der Waals surface area contributed by atoms with Gasteiger partial charge < -0.3 is 14.2 Å². The van der Waals surface area contributed by atoms with E-state index >= 15 is 0 Å². The van der Waals surface area contributed by atoms with Gasteiger partial charge in [-0.15, -0.1) is 0 Å². The van der Waals surface area contributed by atoms with Crippen molar-refractivity contribution in [3.8, 4) is 5.75 Å². The summed E-state index contributed by atoms with van der Waals surface area (Å²) in [4.78, 5) is 19.1. The van der Waals surface area contributed by atoms with E-state index in [9.17, 15) is 17.6 Å². The highest BCUT2D eigenvalue weighted by Crippen LogP contribution is 2.23. The third-order valence-electron chi connectivity index (χ3n) is 5.60. The van der Waals surface area contributed by atoms with E-state index in [2.05, 4.69) is 4.98 Å². The van der Waals surface area contributed by atoms with Gasteiger partial charge in [0, 0.05) is 47.1 Å². The highest BCUT2D eigenvalue weighted by Gasteiger charge is 2.20. The van der Waals surface area contributed by atoms with Crippen LogP contribution in [0.3, 0.4) is 0 Å². The second kappa shape index (κ2) is 11.0. The maximum absolute atomic E-state index is 12.9. The maximum Gasteiger partial charge on any atom is 0.242 e. The Balaban J connectivity index is 1.57. The SMILES string of the molecule is CCn1c(CCC(=O)N(C)CCCOc2ccc(F)cc2)nc2cc(S(=O)(=O)N(C)C)ccc21. The predicted molar refractivity (Wildman–Crippen MR) is 129 cm³/mol. The van der Waals surface area contributed by atoms with Crippen LogP contribution in [0.25, 0.3) is 11.0 Å². The zero-order valence-electron chi connectivity index (χ0n) is 20.0. The van der Waals surface area contributed by atoms with Gasteiger partial charge in [-0.05, 0) is 55.8 Å². The summed E-state index contributed by atoms with van der Waals surface area (Å²) in [5.74, 6) is 1.02. The molecule has 0 atom stereocenters. The minimum Gasteiger partial charge on any atom is -0.494 e. The van der Waals surface area contributed by atoms with Crippen molar-refractivity contribution in [3.05, 3.63) is 54.1 Å². The van der Waals surface area contributed by atoms with Gasteiger partial charge in [0.05, 0.1) is 22.5 Å². The number of carbonyl (C=O) groups is 1. The number of carbonyl (C=O) groups excluding carboxylic acids is 1. The Hall–Kier alpha value is -2.98. The van der Waals surface area contributed by atoms with Crippen molar-refractivity contribution in [2.75, 3.05) is 34.3 Å². The Kier molecular flexibility index (Phi) is 8.27. The van der Waals surface area contributed by atoms with Gasteiger partial charge >= 0.3 is 0 Å². The van der Waals surface area contributed by atoms with Gasteiger partial charge in [0.2, 0.25) is 15.9 Å². The molecule has 0 saturated heterocycles. The van der Waals surface area contributed by atoms with E-state index in [-0.39, 0.29) is 16.6 Å². The van der Waals surface area contributed by atoms with Crippen LogP contribution in [-0.4, -0.2) is 67.4 Å². The number of rotatable bonds is 11. The van der Waals surface area contributed by atoms with Crippen LogP contribution >= 0.6 is 0 Å². The van der Waals surface area contributed by atoms with Crippen LogP contribution in [-0.2, 0) is 27.8 Å². The number of nitrogens with zero attached hydrogens (tertiary/aromatic N) is 4. The van der Waals surface area contributed by atoms with Crippen molar-refractivity contribution < 1.29 is 22.3 Å². The van der Waals surface area contributed by atoms with E-state index in [0.717, 1.165) is 11.3 Å². The minimum atomic E-state index is -3.55. The van der Waals surface area contributed by atoms with E-state index in [0.29, 0.717) is 50.2 Å². The summed E-state index contributed by atoms with van der Waals surface area (Å²) in [7, 11) is 1.19. The Morgan fingerprint density at radius 1 is 1.12 bits per heavy atom. The van der Waals surface area contributed by atoms with E-state index in [1.807, 2.05) is 11.5 Å². The van der Waals surface area contributed by atoms with Crippen molar-refractivity contribution in [2.45, 2.75) is 37.6 Å². The highest BCUT2D eigenvalue weighted by molar-refractivity contribution is 7.89. The molecule has 0 aliphatic rings. The monoisotopic (exact) mass is 490 g/mol. The Morgan fingerprint density at radius 2 is 1.82 bits per heavy atom. The number of sulfonamides is 1. The number of hydrogen-bond acceptors (Lipinski definition) is 5. The lowest BCUT2D eigenvalue weighted by molar-refractivity contribution is -0.130. The van der Waals surface area contributed by atoms with Gasteiger partial charge in [-0.3, -0.25) is 4.79 Å². The van der Waals surface area contributed by atoms with E-state index in [1.54, 1.807) is 42.3 Å². The molecule has 0 unspecified atom stereocenters. The Morgan fingerprint density at radius 3 is 2.47 bits per heavy atom. The summed E-state index contributed by atoms with van der Waals surface area (Å²) in [6.45, 7) is 3.61. The highest BCUT2D eigenvalue weighted by atomic mass is 32.2. The topological polar surface area (TPSA) is 84.7 Å². The summed E-state index contributed by atoms with van der Waals surface area (Å²) < 4.78 is 46.6. The van der Waals surface area contributed by atoms with Gasteiger partial charge in [-0.25, -0.2) is 22.1 Å². The lowest BCUT2D eigenvalue weighted by Crippen LogP contribution is -2.29. The fourth-order valence-electron chi connectivity index (χ4n) is 3.63. The van der Waals surface area contributed by atoms with Crippen LogP contribution in [0.15, 0.2) is 47.4 Å². The van der Waals surface area contributed by atoms with Crippen LogP contribution in [0.2, 0.25) is 0 Å². The summed E-state index contributed by atoms with van der Waals surface area (Å²) in [6.07, 6.45) is 1.39. The average Bonchev–Trinajstić information content (AvgIpc) is 3.17. The number of ether oxygens (including phenoxy) is 1. The number of halogens is 1. The molecule has 0 bridgehead atoms. The van der Waals surface area contributed by atoms with Crippen molar-refractivity contribution in [3.63, 3.8) is 0 Å². The molecule has 1 amide bonds. The third-order valence-corrected chi connectivity index (χ3v) is 7.41. The molecular formula is C24H31FN4O4S. The number of benzene rings is 2. The third kappa shape index (κ3) is 5.92. The summed E-state index contributed by atoms with van der Waals surface area (Å²) in [5, 5.41) is 0. The fourth-order valence-corrected chi connectivity index (χ4v) is 4.55. The maximum atomic E-state index is 12.9. The second-order valence-electron chi connectivity index (χ2n) is 8.18. The first-order chi connectivity index (χ1) is 16.1. The lowest BCUT2D eigenvalue weighted by Gasteiger charge is -2.17. The second-order valence-corrected chi connectivity index (χ2v) is 10.3. The molecule has 1 aromatic heterocycles. The predicted octanol–water partition coefficient (Wildman–Crippen LogP) is 3.31. The van der Waals surface area contributed by atoms with Crippen LogP contribution < -0.4 is 4.74 Å². The molecule has 184 valence electrons. The smallest absolute Gasteiger partial charge is 0.242 e. The standard InChI is InChI=1S/C24H31FN4O4S/c1-5-29-22-12-11-20(34(31,32)27(2)3)17-21(22)26-23(29)13-14-24(30)28(4)15-6-16-33-19-9-7-18(25)8-10-19/h7-12,17H,5-6,13-16H2,1-4H3. The lowest BCUT2D eigenvalue weighted by atomic mass is 10.2. The van der Waals surface area contributed by atoms with Gasteiger partial charge in [-0.2, -0.15) is 0 Å². The summed E-state index contributed by atoms with van der Waals surface area (Å²) in [5.41, 5.74) is 1.44. The minimum absolute atomic E-state index is 0.00707. The summed E-state index contributed by atoms with van der Waals surface area (Å²) >= 11 is 0. The van der Waals surface area contributed by atoms with Crippen LogP contribution in [0.1, 0.15) is 25.6 Å². The van der Waals surface area contributed by atoms with E-state index in [1.165, 1.54) is 30.5 Å². The normalized spacial score (nSPS) is 11.8. The van der Waals surface area contributed by atoms with Crippen molar-refractivity contribution in [1.82, 2.24) is 18.8 Å². The molecule has 0 N–H and O–H groups in total. The molecule has 34 heavy (non-hydrogen) atoms. The molecule has 0 spiro atoms. The van der Waals surface area contributed by atoms with Crippen LogP contribution in [0.4, 0.5) is 4.39 Å². The number of imidazole rings is 1. The number of amides is 1. The van der Waals surface area contributed by atoms with Crippen molar-refractivity contribution in [1.29, 1.82) is 0 Å². The van der Waals surface area contributed by atoms with Crippen molar-refractivity contribution >= 4 is 27.0 Å². The van der Waals surface area contributed by atoms with Crippen LogP contribution in [0, 0.1) is 5.82 Å². The molecule has 0 aliphatic carbocycles. The van der Waals surface area contributed by atoms with Crippen molar-refractivity contribution in [2.24, 2.45) is 0 Å². The molecule has 0 fully saturated rings. The zero-order chi connectivity index (χ0) is 24.9. The summed E-state index contributed by atoms with van der Waals surface area (Å²) in [6, 6.07) is 10.8. The number of aromatic nitrogens is 2. The van der Waals surface area contributed by atoms with Gasteiger partial charge in [0.15, 0.2) is 0 Å². The van der Waals surface area contributed by atoms with E-state index < -0.39 is 10.0 Å². The molecule has 3 rings (SSSR count). The molecule has 2 aromatic carbocycles. The van der Waals surface area contributed by atoms with Crippen LogP contribution in [0.5, 0.6) is 5.75 Å². The molecule has 8 nitrogen and oxygen atoms in total. The number of aryl methyl sites for hydroxylation is 2. The quantitative estimate of drug-likeness (QED) is 0.385. The first-order valence-electron chi connectivity index (χ1n) is 11.2. The van der Waals surface area contributed by atoms with Gasteiger partial charge in [0.1, 0.15) is 17.4 Å². The molecule has 10 heteroatoms. The molecule has 3 aromatic rings. The van der Waals surface area contributed by atoms with E-state index in [4.69, 9.17) is 4.74 Å². The number of fused-ring (bicyclic) bond motifs is 1. The molecule has 1 heterocycles. The largest absolute Gasteiger partial charge is 0.494 e. The molecule has 0 saturated carbocycles. The molecule has 0 radical (unpaired) electrons. The zero-order valence-corrected chi connectivity index (χ0v) is 20.8.